The van der Waals surface area contributed by atoms with E-state index in [-0.39, 0.29) is 22.6 Å². The average Bonchev–Trinajstić information content (AvgIpc) is 3.00. The van der Waals surface area contributed by atoms with Gasteiger partial charge >= 0.3 is 0 Å². The number of nitrogens with zero attached hydrogens (tertiary/aromatic N) is 1. The van der Waals surface area contributed by atoms with Crippen LogP contribution in [0.2, 0.25) is 0 Å². The highest BCUT2D eigenvalue weighted by Gasteiger charge is 2.28. The van der Waals surface area contributed by atoms with E-state index in [9.17, 15) is 14.9 Å². The lowest BCUT2D eigenvalue weighted by molar-refractivity contribution is -0.385. The molecule has 0 atom stereocenters. The van der Waals surface area contributed by atoms with Crippen LogP contribution >= 0.6 is 0 Å². The van der Waals surface area contributed by atoms with E-state index < -0.39 is 10.8 Å². The van der Waals surface area contributed by atoms with E-state index in [2.05, 4.69) is 5.32 Å². The second-order valence-electron chi connectivity index (χ2n) is 5.79. The fourth-order valence-corrected chi connectivity index (χ4v) is 2.97. The SMILES string of the molecule is COc1cc(/C=C2\C(=O)Nc3cc(OC)c(OC)cc32)c([N+](=O)[O-])cc1OC. The quantitative estimate of drug-likeness (QED) is 0.461. The molecule has 28 heavy (non-hydrogen) atoms. The number of carbonyl (C=O) groups is 1. The molecule has 0 radical (unpaired) electrons. The van der Waals surface area contributed by atoms with Crippen LogP contribution in [-0.4, -0.2) is 39.3 Å². The molecule has 1 heterocycles. The fraction of sp³-hybridized carbons (Fsp3) is 0.211. The molecule has 0 unspecified atom stereocenters. The number of ether oxygens (including phenoxy) is 4. The minimum absolute atomic E-state index is 0.204. The predicted molar refractivity (Wildman–Crippen MR) is 102 cm³/mol. The van der Waals surface area contributed by atoms with E-state index >= 15 is 0 Å². The number of methoxy groups -OCH3 is 4. The average molecular weight is 386 g/mol. The molecule has 0 spiro atoms. The van der Waals surface area contributed by atoms with Crippen LogP contribution in [0.4, 0.5) is 11.4 Å². The van der Waals surface area contributed by atoms with Gasteiger partial charge in [-0.15, -0.1) is 0 Å². The summed E-state index contributed by atoms with van der Waals surface area (Å²) in [5, 5.41) is 14.2. The number of amides is 1. The van der Waals surface area contributed by atoms with Gasteiger partial charge in [-0.25, -0.2) is 0 Å². The molecule has 1 aliphatic rings. The van der Waals surface area contributed by atoms with Crippen molar-refractivity contribution in [1.82, 2.24) is 0 Å². The van der Waals surface area contributed by atoms with Crippen LogP contribution in [0.15, 0.2) is 24.3 Å². The zero-order valence-electron chi connectivity index (χ0n) is 15.7. The van der Waals surface area contributed by atoms with Crippen LogP contribution in [-0.2, 0) is 4.79 Å². The molecule has 1 aliphatic heterocycles. The minimum Gasteiger partial charge on any atom is -0.493 e. The first kappa shape index (κ1) is 19.0. The number of nitro benzene ring substituents is 1. The van der Waals surface area contributed by atoms with Gasteiger partial charge in [-0.05, 0) is 18.2 Å². The van der Waals surface area contributed by atoms with E-state index in [1.54, 1.807) is 12.1 Å². The fourth-order valence-electron chi connectivity index (χ4n) is 2.97. The van der Waals surface area contributed by atoms with Gasteiger partial charge in [0.1, 0.15) is 0 Å². The number of rotatable bonds is 6. The molecule has 0 fully saturated rings. The summed E-state index contributed by atoms with van der Waals surface area (Å²) in [6, 6.07) is 5.99. The summed E-state index contributed by atoms with van der Waals surface area (Å²) in [6.07, 6.45) is 1.44. The highest BCUT2D eigenvalue weighted by Crippen LogP contribution is 2.42. The Morgan fingerprint density at radius 3 is 2.00 bits per heavy atom. The van der Waals surface area contributed by atoms with Gasteiger partial charge in [0.25, 0.3) is 11.6 Å². The standard InChI is InChI=1S/C19H18N2O7/c1-25-15-6-10(14(21(23)24)9-18(15)28-4)5-12-11-7-16(26-2)17(27-3)8-13(11)20-19(12)22/h5-9H,1-4H3,(H,20,22)/b12-5-. The van der Waals surface area contributed by atoms with E-state index in [1.165, 1.54) is 46.6 Å². The molecule has 146 valence electrons. The zero-order chi connectivity index (χ0) is 20.4. The van der Waals surface area contributed by atoms with Gasteiger partial charge in [0.2, 0.25) is 0 Å². The topological polar surface area (TPSA) is 109 Å². The molecule has 9 nitrogen and oxygen atoms in total. The monoisotopic (exact) mass is 386 g/mol. The van der Waals surface area contributed by atoms with Crippen LogP contribution in [0.25, 0.3) is 11.6 Å². The summed E-state index contributed by atoms with van der Waals surface area (Å²) >= 11 is 0. The summed E-state index contributed by atoms with van der Waals surface area (Å²) in [6.45, 7) is 0. The Hall–Kier alpha value is -3.75. The van der Waals surface area contributed by atoms with Gasteiger partial charge in [-0.2, -0.15) is 0 Å². The number of hydrogen-bond donors (Lipinski definition) is 1. The van der Waals surface area contributed by atoms with Crippen molar-refractivity contribution in [2.45, 2.75) is 0 Å². The summed E-state index contributed by atoms with van der Waals surface area (Å²) < 4.78 is 20.9. The largest absolute Gasteiger partial charge is 0.493 e. The molecule has 0 saturated heterocycles. The highest BCUT2D eigenvalue weighted by atomic mass is 16.6. The second-order valence-corrected chi connectivity index (χ2v) is 5.79. The predicted octanol–water partition coefficient (Wildman–Crippen LogP) is 3.12. The van der Waals surface area contributed by atoms with Gasteiger partial charge in [0.15, 0.2) is 23.0 Å². The Labute approximate surface area is 160 Å². The van der Waals surface area contributed by atoms with E-state index in [1.807, 2.05) is 0 Å². The van der Waals surface area contributed by atoms with Crippen LogP contribution in [0.3, 0.4) is 0 Å². The van der Waals surface area contributed by atoms with E-state index in [0.717, 1.165) is 0 Å². The van der Waals surface area contributed by atoms with Crippen LogP contribution in [0, 0.1) is 10.1 Å². The van der Waals surface area contributed by atoms with Gasteiger partial charge in [0, 0.05) is 17.2 Å². The number of fused-ring (bicyclic) bond motifs is 1. The van der Waals surface area contributed by atoms with Crippen molar-refractivity contribution in [3.8, 4) is 23.0 Å². The van der Waals surface area contributed by atoms with Crippen molar-refractivity contribution < 1.29 is 28.7 Å². The van der Waals surface area contributed by atoms with E-state index in [0.29, 0.717) is 28.5 Å². The molecule has 0 saturated carbocycles. The first-order valence-electron chi connectivity index (χ1n) is 8.13. The molecule has 2 aromatic carbocycles. The van der Waals surface area contributed by atoms with Crippen molar-refractivity contribution >= 4 is 28.9 Å². The molecule has 3 rings (SSSR count). The first-order chi connectivity index (χ1) is 13.4. The number of anilines is 1. The second kappa shape index (κ2) is 7.47. The van der Waals surface area contributed by atoms with Crippen molar-refractivity contribution in [2.75, 3.05) is 33.8 Å². The normalized spacial score (nSPS) is 13.7. The van der Waals surface area contributed by atoms with Crippen molar-refractivity contribution in [3.63, 3.8) is 0 Å². The molecular formula is C19H18N2O7. The Morgan fingerprint density at radius 1 is 0.893 bits per heavy atom. The van der Waals surface area contributed by atoms with Gasteiger partial charge < -0.3 is 24.3 Å². The summed E-state index contributed by atoms with van der Waals surface area (Å²) in [5.74, 6) is 1.03. The third-order valence-electron chi connectivity index (χ3n) is 4.34. The maximum atomic E-state index is 12.5. The number of nitrogens with one attached hydrogen (secondary N) is 1. The maximum absolute atomic E-state index is 12.5. The first-order valence-corrected chi connectivity index (χ1v) is 8.13. The Bertz CT molecular complexity index is 998. The maximum Gasteiger partial charge on any atom is 0.280 e. The molecule has 0 aromatic heterocycles. The molecular weight excluding hydrogens is 368 g/mol. The molecule has 1 N–H and O–H groups in total. The molecule has 1 amide bonds. The van der Waals surface area contributed by atoms with Crippen molar-refractivity contribution in [2.24, 2.45) is 0 Å². The summed E-state index contributed by atoms with van der Waals surface area (Å²) in [4.78, 5) is 23.5. The van der Waals surface area contributed by atoms with Crippen LogP contribution < -0.4 is 24.3 Å². The van der Waals surface area contributed by atoms with Gasteiger partial charge in [-0.3, -0.25) is 14.9 Å². The third kappa shape index (κ3) is 3.18. The highest BCUT2D eigenvalue weighted by molar-refractivity contribution is 6.35. The number of hydrogen-bond acceptors (Lipinski definition) is 7. The smallest absolute Gasteiger partial charge is 0.280 e. The number of nitro groups is 1. The molecule has 0 aliphatic carbocycles. The van der Waals surface area contributed by atoms with Crippen molar-refractivity contribution in [3.05, 3.63) is 45.5 Å². The minimum atomic E-state index is -0.545. The lowest BCUT2D eigenvalue weighted by atomic mass is 10.0. The zero-order valence-corrected chi connectivity index (χ0v) is 15.7. The number of carbonyl (C=O) groups excluding carboxylic acids is 1. The lowest BCUT2D eigenvalue weighted by Gasteiger charge is -2.10. The molecule has 0 bridgehead atoms. The summed E-state index contributed by atoms with van der Waals surface area (Å²) in [5.41, 5.74) is 1.32. The van der Waals surface area contributed by atoms with Crippen molar-refractivity contribution in [1.29, 1.82) is 0 Å². The Balaban J connectivity index is 2.20. The Morgan fingerprint density at radius 2 is 1.43 bits per heavy atom. The van der Waals surface area contributed by atoms with Crippen LogP contribution in [0.5, 0.6) is 23.0 Å². The Kier molecular flexibility index (Phi) is 5.08. The third-order valence-corrected chi connectivity index (χ3v) is 4.34. The molecule has 9 heteroatoms. The van der Waals surface area contributed by atoms with E-state index in [4.69, 9.17) is 18.9 Å². The van der Waals surface area contributed by atoms with Crippen LogP contribution in [0.1, 0.15) is 11.1 Å². The summed E-state index contributed by atoms with van der Waals surface area (Å²) in [7, 11) is 5.79. The van der Waals surface area contributed by atoms with Gasteiger partial charge in [0.05, 0.1) is 50.7 Å². The number of benzene rings is 2. The lowest BCUT2D eigenvalue weighted by Crippen LogP contribution is -2.04. The molecule has 2 aromatic rings. The van der Waals surface area contributed by atoms with Gasteiger partial charge in [-0.1, -0.05) is 0 Å².